The van der Waals surface area contributed by atoms with Crippen LogP contribution in [0.2, 0.25) is 0 Å². The van der Waals surface area contributed by atoms with Gasteiger partial charge in [0.2, 0.25) is 5.95 Å². The van der Waals surface area contributed by atoms with Crippen LogP contribution in [0.3, 0.4) is 0 Å². The van der Waals surface area contributed by atoms with Crippen LogP contribution in [0.5, 0.6) is 0 Å². The monoisotopic (exact) mass is 336 g/mol. The molecule has 0 amide bonds. The highest BCUT2D eigenvalue weighted by atomic mass is 32.1. The van der Waals surface area contributed by atoms with Gasteiger partial charge in [0.1, 0.15) is 10.6 Å². The number of pyridine rings is 3. The molecule has 0 aliphatic rings. The van der Waals surface area contributed by atoms with E-state index < -0.39 is 5.95 Å². The standard InChI is InChI=1S/C18H13FN4S/c1-20-17-7-4-12(9-22-17)14-5-2-11-8-15(24-18(11)23-14)13-3-6-16(19)21-10-13/h2-10H,1H3,(H,20,22). The van der Waals surface area contributed by atoms with Crippen molar-refractivity contribution < 1.29 is 4.39 Å². The van der Waals surface area contributed by atoms with Gasteiger partial charge in [0.25, 0.3) is 0 Å². The van der Waals surface area contributed by atoms with E-state index in [1.165, 1.54) is 6.07 Å². The Kier molecular flexibility index (Phi) is 3.66. The van der Waals surface area contributed by atoms with Crippen LogP contribution in [0.4, 0.5) is 10.2 Å². The van der Waals surface area contributed by atoms with Crippen LogP contribution in [0, 0.1) is 5.95 Å². The van der Waals surface area contributed by atoms with Crippen LogP contribution in [0.25, 0.3) is 31.9 Å². The van der Waals surface area contributed by atoms with Crippen LogP contribution in [0.15, 0.2) is 54.9 Å². The van der Waals surface area contributed by atoms with Gasteiger partial charge in [-0.15, -0.1) is 11.3 Å². The Hall–Kier alpha value is -2.86. The first-order chi connectivity index (χ1) is 11.7. The van der Waals surface area contributed by atoms with E-state index in [4.69, 9.17) is 4.98 Å². The van der Waals surface area contributed by atoms with E-state index in [9.17, 15) is 4.39 Å². The van der Waals surface area contributed by atoms with Crippen LogP contribution in [0.1, 0.15) is 0 Å². The van der Waals surface area contributed by atoms with E-state index in [1.54, 1.807) is 29.8 Å². The summed E-state index contributed by atoms with van der Waals surface area (Å²) in [5.41, 5.74) is 2.73. The van der Waals surface area contributed by atoms with E-state index in [-0.39, 0.29) is 0 Å². The van der Waals surface area contributed by atoms with Gasteiger partial charge >= 0.3 is 0 Å². The second-order valence-corrected chi connectivity index (χ2v) is 6.28. The van der Waals surface area contributed by atoms with Gasteiger partial charge in [0, 0.05) is 40.8 Å². The molecule has 4 aromatic rings. The van der Waals surface area contributed by atoms with Gasteiger partial charge in [-0.3, -0.25) is 0 Å². The number of rotatable bonds is 3. The molecule has 0 bridgehead atoms. The van der Waals surface area contributed by atoms with Gasteiger partial charge in [0.05, 0.1) is 5.69 Å². The number of halogens is 1. The molecular formula is C18H13FN4S. The molecule has 24 heavy (non-hydrogen) atoms. The summed E-state index contributed by atoms with van der Waals surface area (Å²) >= 11 is 1.57. The van der Waals surface area contributed by atoms with E-state index in [2.05, 4.69) is 15.3 Å². The lowest BCUT2D eigenvalue weighted by Gasteiger charge is -2.02. The highest BCUT2D eigenvalue weighted by Gasteiger charge is 2.08. The molecule has 1 N–H and O–H groups in total. The van der Waals surface area contributed by atoms with Crippen molar-refractivity contribution >= 4 is 27.4 Å². The van der Waals surface area contributed by atoms with Crippen molar-refractivity contribution in [3.8, 4) is 21.7 Å². The maximum atomic E-state index is 13.0. The third-order valence-corrected chi connectivity index (χ3v) is 4.80. The highest BCUT2D eigenvalue weighted by molar-refractivity contribution is 7.21. The third kappa shape index (κ3) is 2.72. The Labute approximate surface area is 142 Å². The summed E-state index contributed by atoms with van der Waals surface area (Å²) in [5.74, 6) is 0.347. The van der Waals surface area contributed by atoms with E-state index in [0.717, 1.165) is 37.7 Å². The zero-order valence-corrected chi connectivity index (χ0v) is 13.6. The maximum absolute atomic E-state index is 13.0. The molecule has 4 rings (SSSR count). The smallest absolute Gasteiger partial charge is 0.212 e. The van der Waals surface area contributed by atoms with Crippen molar-refractivity contribution in [3.05, 3.63) is 60.8 Å². The second-order valence-electron chi connectivity index (χ2n) is 5.25. The van der Waals surface area contributed by atoms with Crippen molar-refractivity contribution in [1.82, 2.24) is 15.0 Å². The molecule has 4 heterocycles. The number of nitrogens with zero attached hydrogens (tertiary/aromatic N) is 3. The van der Waals surface area contributed by atoms with Gasteiger partial charge in [-0.05, 0) is 42.5 Å². The van der Waals surface area contributed by atoms with Crippen molar-refractivity contribution in [2.24, 2.45) is 0 Å². The van der Waals surface area contributed by atoms with Gasteiger partial charge < -0.3 is 5.32 Å². The molecule has 0 aliphatic carbocycles. The fourth-order valence-electron chi connectivity index (χ4n) is 2.44. The van der Waals surface area contributed by atoms with Crippen LogP contribution in [-0.4, -0.2) is 22.0 Å². The largest absolute Gasteiger partial charge is 0.373 e. The number of thiophene rings is 1. The molecule has 0 fully saturated rings. The molecule has 0 aromatic carbocycles. The minimum Gasteiger partial charge on any atom is -0.373 e. The quantitative estimate of drug-likeness (QED) is 0.556. The average molecular weight is 336 g/mol. The summed E-state index contributed by atoms with van der Waals surface area (Å²) in [4.78, 5) is 14.7. The minimum absolute atomic E-state index is 0.474. The zero-order valence-electron chi connectivity index (χ0n) is 12.8. The van der Waals surface area contributed by atoms with Gasteiger partial charge in [-0.2, -0.15) is 4.39 Å². The van der Waals surface area contributed by atoms with E-state index in [1.807, 2.05) is 37.4 Å². The lowest BCUT2D eigenvalue weighted by molar-refractivity contribution is 0.584. The van der Waals surface area contributed by atoms with Gasteiger partial charge in [-0.1, -0.05) is 0 Å². The Balaban J connectivity index is 1.73. The molecule has 0 atom stereocenters. The molecular weight excluding hydrogens is 323 g/mol. The Morgan fingerprint density at radius 1 is 0.958 bits per heavy atom. The predicted molar refractivity (Wildman–Crippen MR) is 95.6 cm³/mol. The molecule has 0 saturated carbocycles. The van der Waals surface area contributed by atoms with Crippen LogP contribution < -0.4 is 5.32 Å². The van der Waals surface area contributed by atoms with Crippen LogP contribution in [-0.2, 0) is 0 Å². The first-order valence-corrected chi connectivity index (χ1v) is 8.21. The molecule has 4 nitrogen and oxygen atoms in total. The zero-order chi connectivity index (χ0) is 16.5. The molecule has 0 radical (unpaired) electrons. The number of hydrogen-bond acceptors (Lipinski definition) is 5. The molecule has 4 aromatic heterocycles. The van der Waals surface area contributed by atoms with Gasteiger partial charge in [0.15, 0.2) is 0 Å². The third-order valence-electron chi connectivity index (χ3n) is 3.71. The van der Waals surface area contributed by atoms with Crippen LogP contribution >= 0.6 is 11.3 Å². The van der Waals surface area contributed by atoms with Crippen molar-refractivity contribution in [2.75, 3.05) is 12.4 Å². The van der Waals surface area contributed by atoms with E-state index in [0.29, 0.717) is 0 Å². The fourth-order valence-corrected chi connectivity index (χ4v) is 3.46. The summed E-state index contributed by atoms with van der Waals surface area (Å²) < 4.78 is 13.0. The maximum Gasteiger partial charge on any atom is 0.212 e. The Morgan fingerprint density at radius 2 is 1.79 bits per heavy atom. The summed E-state index contributed by atoms with van der Waals surface area (Å²) in [7, 11) is 1.84. The molecule has 0 spiro atoms. The van der Waals surface area contributed by atoms with Crippen molar-refractivity contribution in [2.45, 2.75) is 0 Å². The second kappa shape index (κ2) is 5.98. The molecule has 0 aliphatic heterocycles. The topological polar surface area (TPSA) is 50.7 Å². The van der Waals surface area contributed by atoms with Crippen molar-refractivity contribution in [3.63, 3.8) is 0 Å². The number of fused-ring (bicyclic) bond motifs is 1. The average Bonchev–Trinajstić information content (AvgIpc) is 3.05. The Morgan fingerprint density at radius 3 is 2.50 bits per heavy atom. The van der Waals surface area contributed by atoms with Gasteiger partial charge in [-0.25, -0.2) is 15.0 Å². The molecule has 0 unspecified atom stereocenters. The number of hydrogen-bond donors (Lipinski definition) is 1. The lowest BCUT2D eigenvalue weighted by atomic mass is 10.1. The SMILES string of the molecule is CNc1ccc(-c2ccc3cc(-c4ccc(F)nc4)sc3n2)cn1. The molecule has 6 heteroatoms. The summed E-state index contributed by atoms with van der Waals surface area (Å²) in [5, 5.41) is 4.06. The highest BCUT2D eigenvalue weighted by Crippen LogP contribution is 2.33. The predicted octanol–water partition coefficient (Wildman–Crippen LogP) is 4.60. The Bertz CT molecular complexity index is 994. The number of aromatic nitrogens is 3. The first kappa shape index (κ1) is 14.7. The summed E-state index contributed by atoms with van der Waals surface area (Å²) in [6, 6.07) is 13.1. The van der Waals surface area contributed by atoms with E-state index >= 15 is 0 Å². The first-order valence-electron chi connectivity index (χ1n) is 7.39. The molecule has 118 valence electrons. The van der Waals surface area contributed by atoms with Crippen molar-refractivity contribution in [1.29, 1.82) is 0 Å². The number of nitrogens with one attached hydrogen (secondary N) is 1. The fraction of sp³-hybridized carbons (Fsp3) is 0.0556. The normalized spacial score (nSPS) is 10.9. The lowest BCUT2D eigenvalue weighted by Crippen LogP contribution is -1.91. The summed E-state index contributed by atoms with van der Waals surface area (Å²) in [6.07, 6.45) is 3.35. The number of anilines is 1. The summed E-state index contributed by atoms with van der Waals surface area (Å²) in [6.45, 7) is 0. The molecule has 0 saturated heterocycles. The minimum atomic E-state index is -0.474.